The van der Waals surface area contributed by atoms with E-state index in [9.17, 15) is 5.11 Å². The monoisotopic (exact) mass is 218 g/mol. The maximum absolute atomic E-state index is 9.26. The number of aromatic hydroxyl groups is 1. The zero-order chi connectivity index (χ0) is 11.0. The molecule has 0 aliphatic carbocycles. The molecule has 0 saturated carbocycles. The molecule has 3 fully saturated rings. The van der Waals surface area contributed by atoms with E-state index in [0.717, 1.165) is 12.0 Å². The Morgan fingerprint density at radius 2 is 1.81 bits per heavy atom. The molecule has 0 spiro atoms. The van der Waals surface area contributed by atoms with Crippen molar-refractivity contribution in [2.45, 2.75) is 31.7 Å². The summed E-state index contributed by atoms with van der Waals surface area (Å²) in [5.74, 6) is 1.38. The van der Waals surface area contributed by atoms with Crippen molar-refractivity contribution in [2.75, 3.05) is 13.1 Å². The molecule has 0 amide bonds. The second-order valence-corrected chi connectivity index (χ2v) is 5.40. The molecule has 0 aromatic heterocycles. The van der Waals surface area contributed by atoms with Gasteiger partial charge >= 0.3 is 0 Å². The highest BCUT2D eigenvalue weighted by molar-refractivity contribution is 5.26. The molecule has 2 bridgehead atoms. The number of benzene rings is 1. The largest absolute Gasteiger partial charge is 0.508 e. The minimum Gasteiger partial charge on any atom is -0.508 e. The van der Waals surface area contributed by atoms with Crippen LogP contribution in [0.2, 0.25) is 0 Å². The zero-order valence-electron chi connectivity index (χ0n) is 9.65. The van der Waals surface area contributed by atoms with Crippen LogP contribution in [0.4, 0.5) is 0 Å². The first-order chi connectivity index (χ1) is 7.81. The maximum Gasteiger partial charge on any atom is 0.115 e. The first kappa shape index (κ1) is 10.2. The molecule has 16 heavy (non-hydrogen) atoms. The van der Waals surface area contributed by atoms with Gasteiger partial charge in [0.15, 0.2) is 0 Å². The summed E-state index contributed by atoms with van der Waals surface area (Å²) in [5.41, 5.74) is 1.38. The smallest absolute Gasteiger partial charge is 0.115 e. The summed E-state index contributed by atoms with van der Waals surface area (Å²) in [6, 6.07) is 8.58. The van der Waals surface area contributed by atoms with Gasteiger partial charge in [-0.3, -0.25) is 0 Å². The highest BCUT2D eigenvalue weighted by atomic mass is 16.3. The topological polar surface area (TPSA) is 24.7 Å². The summed E-state index contributed by atoms with van der Waals surface area (Å²) < 4.78 is 0. The van der Waals surface area contributed by atoms with Crippen LogP contribution in [0.25, 0.3) is 0 Å². The second-order valence-electron chi connectivity index (χ2n) is 5.40. The van der Waals surface area contributed by atoms with Crippen molar-refractivity contribution in [3.8, 4) is 5.75 Å². The minimum absolute atomic E-state index is 0.376. The van der Waals surface area contributed by atoms with Crippen molar-refractivity contribution >= 4 is 0 Å². The third-order valence-corrected chi connectivity index (χ3v) is 4.36. The highest BCUT2D eigenvalue weighted by Crippen LogP contribution is 2.23. The summed E-state index contributed by atoms with van der Waals surface area (Å²) >= 11 is 0. The van der Waals surface area contributed by atoms with Crippen molar-refractivity contribution in [3.05, 3.63) is 29.8 Å². The highest BCUT2D eigenvalue weighted by Gasteiger charge is 2.36. The molecule has 2 N–H and O–H groups in total. The molecule has 1 aromatic rings. The Morgan fingerprint density at radius 3 is 2.38 bits per heavy atom. The fourth-order valence-corrected chi connectivity index (χ4v) is 3.41. The number of rotatable bonds is 2. The molecule has 86 valence electrons. The van der Waals surface area contributed by atoms with Crippen molar-refractivity contribution in [2.24, 2.45) is 5.92 Å². The first-order valence-electron chi connectivity index (χ1n) is 6.44. The van der Waals surface area contributed by atoms with Crippen LogP contribution in [-0.4, -0.2) is 24.2 Å². The number of phenolic OH excluding ortho intramolecular Hbond substituents is 1. The molecule has 3 heterocycles. The molecule has 2 heteroatoms. The molecule has 3 aliphatic rings. The number of hydrogen-bond acceptors (Lipinski definition) is 1. The van der Waals surface area contributed by atoms with E-state index in [1.54, 1.807) is 12.1 Å². The van der Waals surface area contributed by atoms with Gasteiger partial charge in [-0.15, -0.1) is 0 Å². The van der Waals surface area contributed by atoms with Gasteiger partial charge in [-0.25, -0.2) is 0 Å². The van der Waals surface area contributed by atoms with Gasteiger partial charge in [0.05, 0.1) is 19.1 Å². The minimum atomic E-state index is 0.376. The molecule has 4 rings (SSSR count). The summed E-state index contributed by atoms with van der Waals surface area (Å²) in [7, 11) is 0. The Balaban J connectivity index is 1.68. The molecule has 2 nitrogen and oxygen atoms in total. The lowest BCUT2D eigenvalue weighted by Crippen LogP contribution is -3.18. The molecule has 3 aliphatic heterocycles. The lowest BCUT2D eigenvalue weighted by atomic mass is 9.81. The van der Waals surface area contributed by atoms with Crippen LogP contribution in [0, 0.1) is 5.92 Å². The molecule has 1 atom stereocenters. The van der Waals surface area contributed by atoms with Crippen LogP contribution >= 0.6 is 0 Å². The Bertz CT molecular complexity index is 352. The average molecular weight is 218 g/mol. The van der Waals surface area contributed by atoms with Gasteiger partial charge < -0.3 is 10.0 Å². The quantitative estimate of drug-likeness (QED) is 0.760. The molecule has 0 radical (unpaired) electrons. The third-order valence-electron chi connectivity index (χ3n) is 4.36. The van der Waals surface area contributed by atoms with Crippen LogP contribution in [0.15, 0.2) is 24.3 Å². The van der Waals surface area contributed by atoms with Crippen molar-refractivity contribution < 1.29 is 10.0 Å². The molecule has 0 unspecified atom stereocenters. The lowest BCUT2D eigenvalue weighted by Gasteiger charge is -2.42. The summed E-state index contributed by atoms with van der Waals surface area (Å²) in [6.45, 7) is 2.76. The summed E-state index contributed by atoms with van der Waals surface area (Å²) in [5, 5.41) is 9.26. The molecular formula is C14H20NO+. The molecule has 3 saturated heterocycles. The Kier molecular flexibility index (Phi) is 2.60. The number of piperidine rings is 3. The van der Waals surface area contributed by atoms with Gasteiger partial charge in [-0.1, -0.05) is 12.1 Å². The Hall–Kier alpha value is -1.02. The van der Waals surface area contributed by atoms with Crippen LogP contribution in [0.3, 0.4) is 0 Å². The first-order valence-corrected chi connectivity index (χ1v) is 6.44. The SMILES string of the molecule is Oc1ccc(C[C@@H]2CC3CC[NH+]2CC3)cc1. The fourth-order valence-electron chi connectivity index (χ4n) is 3.41. The van der Waals surface area contributed by atoms with E-state index < -0.39 is 0 Å². The summed E-state index contributed by atoms with van der Waals surface area (Å²) in [6.07, 6.45) is 5.49. The van der Waals surface area contributed by atoms with E-state index in [-0.39, 0.29) is 0 Å². The van der Waals surface area contributed by atoms with Crippen molar-refractivity contribution in [1.29, 1.82) is 0 Å². The van der Waals surface area contributed by atoms with Crippen molar-refractivity contribution in [3.63, 3.8) is 0 Å². The van der Waals surface area contributed by atoms with Gasteiger partial charge in [-0.05, 0) is 36.5 Å². The van der Waals surface area contributed by atoms with E-state index >= 15 is 0 Å². The van der Waals surface area contributed by atoms with Crippen molar-refractivity contribution in [1.82, 2.24) is 0 Å². The molecule has 1 aromatic carbocycles. The van der Waals surface area contributed by atoms with E-state index in [2.05, 4.69) is 12.1 Å². The Morgan fingerprint density at radius 1 is 1.12 bits per heavy atom. The van der Waals surface area contributed by atoms with E-state index in [1.807, 2.05) is 4.90 Å². The maximum atomic E-state index is 9.26. The number of fused-ring (bicyclic) bond motifs is 3. The number of nitrogens with one attached hydrogen (secondary N) is 1. The number of quaternary nitrogens is 1. The Labute approximate surface area is 96.9 Å². The predicted molar refractivity (Wildman–Crippen MR) is 63.6 cm³/mol. The number of hydrogen-bond donors (Lipinski definition) is 2. The summed E-state index contributed by atoms with van der Waals surface area (Å²) in [4.78, 5) is 1.82. The van der Waals surface area contributed by atoms with E-state index in [0.29, 0.717) is 5.75 Å². The van der Waals surface area contributed by atoms with Gasteiger partial charge in [-0.2, -0.15) is 0 Å². The number of phenols is 1. The van der Waals surface area contributed by atoms with Crippen LogP contribution in [-0.2, 0) is 6.42 Å². The van der Waals surface area contributed by atoms with Gasteiger partial charge in [0, 0.05) is 12.8 Å². The fraction of sp³-hybridized carbons (Fsp3) is 0.571. The standard InChI is InChI=1S/C14H19NO/c16-14-3-1-11(2-4-14)9-13-10-12-5-7-15(13)8-6-12/h1-4,12-13,16H,5-10H2/p+1/t13-/m1/s1. The predicted octanol–water partition coefficient (Wildman–Crippen LogP) is 1.00. The van der Waals surface area contributed by atoms with E-state index in [1.165, 1.54) is 44.3 Å². The van der Waals surface area contributed by atoms with Gasteiger partial charge in [0.2, 0.25) is 0 Å². The average Bonchev–Trinajstić information content (AvgIpc) is 2.34. The zero-order valence-corrected chi connectivity index (χ0v) is 9.65. The lowest BCUT2D eigenvalue weighted by molar-refractivity contribution is -0.941. The van der Waals surface area contributed by atoms with Crippen LogP contribution in [0.5, 0.6) is 5.75 Å². The molecular weight excluding hydrogens is 198 g/mol. The van der Waals surface area contributed by atoms with Gasteiger partial charge in [0.1, 0.15) is 5.75 Å². The van der Waals surface area contributed by atoms with Gasteiger partial charge in [0.25, 0.3) is 0 Å². The normalized spacial score (nSPS) is 32.9. The van der Waals surface area contributed by atoms with E-state index in [4.69, 9.17) is 0 Å². The van der Waals surface area contributed by atoms with Crippen LogP contribution < -0.4 is 4.90 Å². The second kappa shape index (κ2) is 4.10. The third kappa shape index (κ3) is 1.94. The van der Waals surface area contributed by atoms with Crippen LogP contribution in [0.1, 0.15) is 24.8 Å².